The fourth-order valence-corrected chi connectivity index (χ4v) is 3.20. The summed E-state index contributed by atoms with van der Waals surface area (Å²) in [4.78, 5) is 0. The summed E-state index contributed by atoms with van der Waals surface area (Å²) in [7, 11) is -2.83. The van der Waals surface area contributed by atoms with Gasteiger partial charge in [-0.25, -0.2) is 8.42 Å². The molecule has 2 N–H and O–H groups in total. The third-order valence-electron chi connectivity index (χ3n) is 2.81. The van der Waals surface area contributed by atoms with E-state index in [4.69, 9.17) is 5.73 Å². The molecule has 0 aromatic heterocycles. The summed E-state index contributed by atoms with van der Waals surface area (Å²) >= 11 is 0. The Bertz CT molecular complexity index is 236. The highest BCUT2D eigenvalue weighted by molar-refractivity contribution is 7.91. The van der Waals surface area contributed by atoms with Gasteiger partial charge in [0.1, 0.15) is 0 Å². The van der Waals surface area contributed by atoms with Crippen LogP contribution in [0.4, 0.5) is 0 Å². The molecule has 0 aromatic carbocycles. The topological polar surface area (TPSA) is 60.2 Å². The molecule has 0 spiro atoms. The molecule has 0 atom stereocenters. The molecule has 0 saturated heterocycles. The number of sulfone groups is 1. The van der Waals surface area contributed by atoms with Crippen molar-refractivity contribution in [1.82, 2.24) is 0 Å². The van der Waals surface area contributed by atoms with Crippen molar-refractivity contribution in [2.24, 2.45) is 11.1 Å². The highest BCUT2D eigenvalue weighted by Crippen LogP contribution is 2.40. The van der Waals surface area contributed by atoms with Gasteiger partial charge in [0, 0.05) is 5.75 Å². The van der Waals surface area contributed by atoms with E-state index in [1.165, 1.54) is 0 Å². The summed E-state index contributed by atoms with van der Waals surface area (Å²) in [5.74, 6) is 0.543. The first-order chi connectivity index (χ1) is 5.54. The summed E-state index contributed by atoms with van der Waals surface area (Å²) in [6.07, 6.45) is 3.11. The average molecular weight is 191 g/mol. The van der Waals surface area contributed by atoms with E-state index in [1.54, 1.807) is 6.92 Å². The lowest BCUT2D eigenvalue weighted by Crippen LogP contribution is -2.43. The van der Waals surface area contributed by atoms with Crippen LogP contribution in [0.1, 0.15) is 26.2 Å². The van der Waals surface area contributed by atoms with Crippen molar-refractivity contribution >= 4 is 9.84 Å². The van der Waals surface area contributed by atoms with Crippen LogP contribution in [0.25, 0.3) is 0 Å². The first kappa shape index (κ1) is 9.99. The van der Waals surface area contributed by atoms with Crippen molar-refractivity contribution in [2.75, 3.05) is 18.1 Å². The normalized spacial score (nSPS) is 21.8. The summed E-state index contributed by atoms with van der Waals surface area (Å²) in [6, 6.07) is 0. The quantitative estimate of drug-likeness (QED) is 0.706. The van der Waals surface area contributed by atoms with Gasteiger partial charge in [0.15, 0.2) is 9.84 Å². The molecule has 0 heterocycles. The summed E-state index contributed by atoms with van der Waals surface area (Å²) in [5.41, 5.74) is 5.51. The van der Waals surface area contributed by atoms with Gasteiger partial charge in [-0.1, -0.05) is 13.3 Å². The van der Waals surface area contributed by atoms with Crippen LogP contribution in [0.2, 0.25) is 0 Å². The molecular formula is C8H17NO2S. The first-order valence-electron chi connectivity index (χ1n) is 4.44. The fourth-order valence-electron chi connectivity index (χ4n) is 1.65. The Hall–Kier alpha value is -0.0900. The Morgan fingerprint density at radius 3 is 2.25 bits per heavy atom. The van der Waals surface area contributed by atoms with Crippen LogP contribution in [0.15, 0.2) is 0 Å². The van der Waals surface area contributed by atoms with Gasteiger partial charge >= 0.3 is 0 Å². The van der Waals surface area contributed by atoms with Crippen molar-refractivity contribution < 1.29 is 8.42 Å². The number of rotatable bonds is 4. The maximum atomic E-state index is 11.3. The minimum absolute atomic E-state index is 0.0607. The maximum Gasteiger partial charge on any atom is 0.150 e. The molecule has 1 fully saturated rings. The monoisotopic (exact) mass is 191 g/mol. The summed E-state index contributed by atoms with van der Waals surface area (Å²) in [5, 5.41) is 0. The molecule has 12 heavy (non-hydrogen) atoms. The van der Waals surface area contributed by atoms with Gasteiger partial charge in [0.25, 0.3) is 0 Å². The van der Waals surface area contributed by atoms with Gasteiger partial charge in [0.2, 0.25) is 0 Å². The van der Waals surface area contributed by atoms with Crippen LogP contribution in [0, 0.1) is 5.41 Å². The Labute approximate surface area is 74.3 Å². The van der Waals surface area contributed by atoms with E-state index in [0.717, 1.165) is 19.3 Å². The Balaban J connectivity index is 2.60. The Morgan fingerprint density at radius 2 is 2.00 bits per heavy atom. The Kier molecular flexibility index (Phi) is 2.78. The van der Waals surface area contributed by atoms with Crippen LogP contribution < -0.4 is 5.73 Å². The van der Waals surface area contributed by atoms with E-state index in [9.17, 15) is 8.42 Å². The maximum absolute atomic E-state index is 11.3. The smallest absolute Gasteiger partial charge is 0.150 e. The standard InChI is InChI=1S/C8H17NO2S/c1-2-12(10,11)7-8(6-9)4-3-5-8/h2-7,9H2,1H3. The van der Waals surface area contributed by atoms with Crippen LogP contribution >= 0.6 is 0 Å². The summed E-state index contributed by atoms with van der Waals surface area (Å²) in [6.45, 7) is 2.21. The molecule has 1 saturated carbocycles. The zero-order chi connectivity index (χ0) is 9.24. The van der Waals surface area contributed by atoms with E-state index in [0.29, 0.717) is 12.3 Å². The van der Waals surface area contributed by atoms with Gasteiger partial charge in [0.05, 0.1) is 5.75 Å². The zero-order valence-electron chi connectivity index (χ0n) is 7.54. The van der Waals surface area contributed by atoms with E-state index < -0.39 is 9.84 Å². The third-order valence-corrected chi connectivity index (χ3v) is 4.75. The van der Waals surface area contributed by atoms with Crippen molar-refractivity contribution in [3.63, 3.8) is 0 Å². The molecule has 0 radical (unpaired) electrons. The number of hydrogen-bond acceptors (Lipinski definition) is 3. The lowest BCUT2D eigenvalue weighted by Gasteiger charge is -2.40. The van der Waals surface area contributed by atoms with E-state index in [2.05, 4.69) is 0 Å². The molecule has 0 amide bonds. The van der Waals surface area contributed by atoms with E-state index in [-0.39, 0.29) is 11.2 Å². The second-order valence-electron chi connectivity index (χ2n) is 3.73. The molecule has 1 rings (SSSR count). The molecule has 1 aliphatic rings. The number of nitrogens with two attached hydrogens (primary N) is 1. The average Bonchev–Trinajstić information content (AvgIpc) is 1.97. The van der Waals surface area contributed by atoms with Gasteiger partial charge in [-0.05, 0) is 24.8 Å². The van der Waals surface area contributed by atoms with E-state index in [1.807, 2.05) is 0 Å². The molecular weight excluding hydrogens is 174 g/mol. The zero-order valence-corrected chi connectivity index (χ0v) is 8.36. The van der Waals surface area contributed by atoms with Crippen LogP contribution in [-0.4, -0.2) is 26.5 Å². The van der Waals surface area contributed by atoms with E-state index >= 15 is 0 Å². The predicted molar refractivity (Wildman–Crippen MR) is 49.7 cm³/mol. The SMILES string of the molecule is CCS(=O)(=O)CC1(CN)CCC1. The third kappa shape index (κ3) is 1.98. The molecule has 0 aliphatic heterocycles. The number of hydrogen-bond donors (Lipinski definition) is 1. The lowest BCUT2D eigenvalue weighted by molar-refractivity contribution is 0.176. The van der Waals surface area contributed by atoms with Gasteiger partial charge < -0.3 is 5.73 Å². The van der Waals surface area contributed by atoms with Gasteiger partial charge in [-0.3, -0.25) is 0 Å². The molecule has 3 nitrogen and oxygen atoms in total. The summed E-state index contributed by atoms with van der Waals surface area (Å²) < 4.78 is 22.6. The fraction of sp³-hybridized carbons (Fsp3) is 1.00. The van der Waals surface area contributed by atoms with Gasteiger partial charge in [-0.15, -0.1) is 0 Å². The highest BCUT2D eigenvalue weighted by atomic mass is 32.2. The second kappa shape index (κ2) is 3.34. The molecule has 1 aliphatic carbocycles. The minimum atomic E-state index is -2.83. The molecule has 0 unspecified atom stereocenters. The molecule has 4 heteroatoms. The van der Waals surface area contributed by atoms with Crippen molar-refractivity contribution in [1.29, 1.82) is 0 Å². The molecule has 0 aromatic rings. The molecule has 0 bridgehead atoms. The van der Waals surface area contributed by atoms with Gasteiger partial charge in [-0.2, -0.15) is 0 Å². The first-order valence-corrected chi connectivity index (χ1v) is 6.26. The van der Waals surface area contributed by atoms with Crippen molar-refractivity contribution in [2.45, 2.75) is 26.2 Å². The van der Waals surface area contributed by atoms with Crippen LogP contribution in [0.3, 0.4) is 0 Å². The van der Waals surface area contributed by atoms with Crippen molar-refractivity contribution in [3.05, 3.63) is 0 Å². The predicted octanol–water partition coefficient (Wildman–Crippen LogP) is 0.550. The van der Waals surface area contributed by atoms with Crippen LogP contribution in [0.5, 0.6) is 0 Å². The lowest BCUT2D eigenvalue weighted by atomic mass is 9.70. The largest absolute Gasteiger partial charge is 0.330 e. The Morgan fingerprint density at radius 1 is 1.42 bits per heavy atom. The van der Waals surface area contributed by atoms with Crippen LogP contribution in [-0.2, 0) is 9.84 Å². The minimum Gasteiger partial charge on any atom is -0.330 e. The second-order valence-corrected chi connectivity index (χ2v) is 6.09. The highest BCUT2D eigenvalue weighted by Gasteiger charge is 2.38. The molecule has 72 valence electrons. The van der Waals surface area contributed by atoms with Crippen molar-refractivity contribution in [3.8, 4) is 0 Å².